The minimum Gasteiger partial charge on any atom is -0.192 e. The second kappa shape index (κ2) is 13.2. The zero-order valence-corrected chi connectivity index (χ0v) is 32.0. The Hall–Kier alpha value is -3.30. The van der Waals surface area contributed by atoms with Crippen LogP contribution in [0.25, 0.3) is 32.3 Å². The summed E-state index contributed by atoms with van der Waals surface area (Å²) in [5.74, 6) is 7.77. The molecule has 0 N–H and O–H groups in total. The molecule has 0 unspecified atom stereocenters. The zero-order chi connectivity index (χ0) is 33.4. The summed E-state index contributed by atoms with van der Waals surface area (Å²) < 4.78 is 0. The predicted octanol–water partition coefficient (Wildman–Crippen LogP) is 12.5. The van der Waals surface area contributed by atoms with Crippen LogP contribution in [-0.2, 0) is 0 Å². The van der Waals surface area contributed by atoms with E-state index >= 15 is 0 Å². The van der Waals surface area contributed by atoms with Gasteiger partial charge >= 0.3 is 0 Å². The fourth-order valence-electron chi connectivity index (χ4n) is 8.68. The van der Waals surface area contributed by atoms with Crippen LogP contribution in [0.4, 0.5) is 0 Å². The molecule has 0 aliphatic rings. The van der Waals surface area contributed by atoms with Crippen molar-refractivity contribution in [2.75, 3.05) is 0 Å². The van der Waals surface area contributed by atoms with Gasteiger partial charge in [0.2, 0.25) is 0 Å². The highest BCUT2D eigenvalue weighted by atomic mass is 28.3. The lowest BCUT2D eigenvalue weighted by Crippen LogP contribution is -2.43. The summed E-state index contributed by atoms with van der Waals surface area (Å²) >= 11 is 0. The van der Waals surface area contributed by atoms with E-state index in [1.807, 2.05) is 13.0 Å². The van der Waals surface area contributed by atoms with Crippen molar-refractivity contribution in [2.45, 2.75) is 123 Å². The number of hydrogen-bond donors (Lipinski definition) is 0. The monoisotopic (exact) mass is 627 g/mol. The van der Waals surface area contributed by atoms with Crippen molar-refractivity contribution in [3.63, 3.8) is 0 Å². The molecule has 0 spiro atoms. The van der Waals surface area contributed by atoms with Gasteiger partial charge in [-0.3, -0.25) is 0 Å². The molecule has 0 amide bonds. The summed E-state index contributed by atoms with van der Waals surface area (Å²) in [5.41, 5.74) is 15.4. The highest BCUT2D eigenvalue weighted by Crippen LogP contribution is 2.43. The number of nitrogens with zero attached hydrogens (tertiary/aromatic N) is 1. The van der Waals surface area contributed by atoms with E-state index in [1.54, 1.807) is 0 Å². The van der Waals surface area contributed by atoms with Gasteiger partial charge in [0.15, 0.2) is 0 Å². The van der Waals surface area contributed by atoms with Gasteiger partial charge < -0.3 is 0 Å². The zero-order valence-electron chi connectivity index (χ0n) is 30.0. The lowest BCUT2D eigenvalue weighted by Gasteiger charge is -2.38. The molecule has 1 nitrogen and oxygen atoms in total. The second-order valence-electron chi connectivity index (χ2n) is 15.1. The highest BCUT2D eigenvalue weighted by molar-refractivity contribution is 6.91. The van der Waals surface area contributed by atoms with E-state index < -0.39 is 16.1 Å². The third-order valence-corrected chi connectivity index (χ3v) is 23.6. The first kappa shape index (κ1) is 34.6. The first-order valence-corrected chi connectivity index (χ1v) is 21.5. The fourth-order valence-corrected chi connectivity index (χ4v) is 19.1. The SMILES string of the molecule is Cc1cc2cc3c(C#C[Si](C(C)C)(C(C)C)C(C)C)c4ccccc4c(C#C[Si](C(C)C)(C(C)C)C(C)C)c3cc2cc1C#N. The molecule has 0 heterocycles. The van der Waals surface area contributed by atoms with E-state index in [2.05, 4.69) is 155 Å². The molecule has 4 rings (SSSR count). The molecule has 3 heteroatoms. The van der Waals surface area contributed by atoms with Crippen LogP contribution in [0.15, 0.2) is 48.5 Å². The van der Waals surface area contributed by atoms with Crippen molar-refractivity contribution in [2.24, 2.45) is 0 Å². The summed E-state index contributed by atoms with van der Waals surface area (Å²) in [6.45, 7) is 30.6. The van der Waals surface area contributed by atoms with Crippen molar-refractivity contribution in [3.8, 4) is 29.0 Å². The smallest absolute Gasteiger partial charge is 0.146 e. The van der Waals surface area contributed by atoms with Gasteiger partial charge in [0.25, 0.3) is 0 Å². The summed E-state index contributed by atoms with van der Waals surface area (Å²) in [7, 11) is -3.95. The summed E-state index contributed by atoms with van der Waals surface area (Å²) in [4.78, 5) is 0. The molecule has 234 valence electrons. The second-order valence-corrected chi connectivity index (χ2v) is 26.3. The molecule has 0 bridgehead atoms. The topological polar surface area (TPSA) is 23.8 Å². The molecule has 0 fully saturated rings. The molecular formula is C42H53NSi2. The Morgan fingerprint density at radius 1 is 0.511 bits per heavy atom. The number of hydrogen-bond acceptors (Lipinski definition) is 1. The van der Waals surface area contributed by atoms with E-state index in [9.17, 15) is 5.26 Å². The lowest BCUT2D eigenvalue weighted by molar-refractivity contribution is 0.838. The quantitative estimate of drug-likeness (QED) is 0.118. The lowest BCUT2D eigenvalue weighted by atomic mass is 9.89. The Morgan fingerprint density at radius 3 is 1.20 bits per heavy atom. The molecule has 45 heavy (non-hydrogen) atoms. The first-order valence-electron chi connectivity index (χ1n) is 17.0. The van der Waals surface area contributed by atoms with Crippen LogP contribution in [-0.4, -0.2) is 16.1 Å². The Balaban J connectivity index is 2.25. The molecule has 4 aromatic rings. The summed E-state index contributed by atoms with van der Waals surface area (Å²) in [6, 6.07) is 20.0. The number of benzene rings is 4. The highest BCUT2D eigenvalue weighted by Gasteiger charge is 2.42. The molecule has 0 saturated heterocycles. The van der Waals surface area contributed by atoms with Gasteiger partial charge in [-0.15, -0.1) is 11.1 Å². The van der Waals surface area contributed by atoms with E-state index in [1.165, 1.54) is 16.2 Å². The number of nitriles is 1. The molecule has 0 atom stereocenters. The molecular weight excluding hydrogens is 575 g/mol. The van der Waals surface area contributed by atoms with Crippen molar-refractivity contribution in [1.82, 2.24) is 0 Å². The Bertz CT molecular complexity index is 1870. The van der Waals surface area contributed by atoms with E-state index in [-0.39, 0.29) is 0 Å². The van der Waals surface area contributed by atoms with E-state index in [0.29, 0.717) is 33.2 Å². The van der Waals surface area contributed by atoms with Crippen LogP contribution < -0.4 is 0 Å². The van der Waals surface area contributed by atoms with Crippen molar-refractivity contribution in [1.29, 1.82) is 5.26 Å². The fraction of sp³-hybridized carbons (Fsp3) is 0.452. The van der Waals surface area contributed by atoms with Crippen molar-refractivity contribution in [3.05, 3.63) is 70.8 Å². The van der Waals surface area contributed by atoms with Gasteiger partial charge in [-0.05, 0) is 96.3 Å². The Kier molecular flexibility index (Phi) is 10.1. The van der Waals surface area contributed by atoms with Crippen LogP contribution in [0, 0.1) is 41.2 Å². The van der Waals surface area contributed by atoms with Crippen LogP contribution in [0.5, 0.6) is 0 Å². The van der Waals surface area contributed by atoms with Crippen molar-refractivity contribution >= 4 is 48.5 Å². The number of fused-ring (bicyclic) bond motifs is 3. The van der Waals surface area contributed by atoms with Gasteiger partial charge in [0.05, 0.1) is 11.6 Å². The molecule has 0 aromatic heterocycles. The van der Waals surface area contributed by atoms with Gasteiger partial charge in [-0.1, -0.05) is 125 Å². The minimum atomic E-state index is -1.98. The largest absolute Gasteiger partial charge is 0.192 e. The van der Waals surface area contributed by atoms with Crippen LogP contribution >= 0.6 is 0 Å². The Labute approximate surface area is 275 Å². The van der Waals surface area contributed by atoms with Crippen LogP contribution in [0.3, 0.4) is 0 Å². The molecule has 0 aliphatic heterocycles. The van der Waals surface area contributed by atoms with Crippen molar-refractivity contribution < 1.29 is 0 Å². The maximum absolute atomic E-state index is 9.86. The molecule has 0 aliphatic carbocycles. The van der Waals surface area contributed by atoms with E-state index in [4.69, 9.17) is 0 Å². The maximum Gasteiger partial charge on any atom is 0.146 e. The van der Waals surface area contributed by atoms with Gasteiger partial charge in [-0.2, -0.15) is 5.26 Å². The normalized spacial score (nSPS) is 12.5. The maximum atomic E-state index is 9.86. The van der Waals surface area contributed by atoms with Crippen LogP contribution in [0.2, 0.25) is 33.2 Å². The van der Waals surface area contributed by atoms with Gasteiger partial charge in [0, 0.05) is 11.1 Å². The third kappa shape index (κ3) is 5.89. The predicted molar refractivity (Wildman–Crippen MR) is 204 cm³/mol. The number of aryl methyl sites for hydroxylation is 1. The molecule has 0 radical (unpaired) electrons. The van der Waals surface area contributed by atoms with E-state index in [0.717, 1.165) is 38.4 Å². The average molecular weight is 628 g/mol. The number of rotatable bonds is 6. The summed E-state index contributed by atoms with van der Waals surface area (Å²) in [5, 5.41) is 16.8. The Morgan fingerprint density at radius 2 is 0.867 bits per heavy atom. The van der Waals surface area contributed by atoms with Crippen LogP contribution in [0.1, 0.15) is 105 Å². The standard InChI is InChI=1S/C42H53NSi2/c1-27(2)44(28(3)4,29(5)6)20-18-39-37-16-14-15-17-38(37)40(19-21-45(30(7)8,31(9)10)32(11)12)42-25-35-23-36(26-43)33(13)22-34(35)24-41(39)42/h14-17,22-25,27-32H,1-13H3. The molecule has 4 aromatic carbocycles. The third-order valence-electron chi connectivity index (χ3n) is 11.0. The van der Waals surface area contributed by atoms with Gasteiger partial charge in [-0.25, -0.2) is 0 Å². The first-order chi connectivity index (χ1) is 21.1. The molecule has 0 saturated carbocycles. The minimum absolute atomic E-state index is 0.552. The average Bonchev–Trinajstić information content (AvgIpc) is 2.96. The van der Waals surface area contributed by atoms with Gasteiger partial charge in [0.1, 0.15) is 16.1 Å². The summed E-state index contributed by atoms with van der Waals surface area (Å²) in [6.07, 6.45) is 0.